The highest BCUT2D eigenvalue weighted by Crippen LogP contribution is 2.43. The molecule has 1 aliphatic rings. The Morgan fingerprint density at radius 1 is 1.22 bits per heavy atom. The summed E-state index contributed by atoms with van der Waals surface area (Å²) in [7, 11) is 1.49. The number of nitrogens with one attached hydrogen (secondary N) is 2. The highest BCUT2D eigenvalue weighted by Gasteiger charge is 2.36. The predicted molar refractivity (Wildman–Crippen MR) is 140 cm³/mol. The Balaban J connectivity index is 1.90. The molecule has 2 aromatic rings. The zero-order valence-electron chi connectivity index (χ0n) is 19.9. The number of methoxy groups -OCH3 is 1. The summed E-state index contributed by atoms with van der Waals surface area (Å²) in [5, 5.41) is 27.6. The Morgan fingerprint density at radius 2 is 1.92 bits per heavy atom. The predicted octanol–water partition coefficient (Wildman–Crippen LogP) is 4.51. The van der Waals surface area contributed by atoms with Crippen LogP contribution in [0.4, 0.5) is 11.4 Å². The Hall–Kier alpha value is -3.85. The van der Waals surface area contributed by atoms with Crippen LogP contribution in [0.3, 0.4) is 0 Å². The third kappa shape index (κ3) is 6.68. The molecule has 1 heterocycles. The van der Waals surface area contributed by atoms with E-state index in [9.17, 15) is 25.0 Å². The molecule has 192 valence electrons. The number of hydrogen-bond acceptors (Lipinski definition) is 9. The van der Waals surface area contributed by atoms with Crippen LogP contribution in [0.25, 0.3) is 0 Å². The summed E-state index contributed by atoms with van der Waals surface area (Å²) in [6.07, 6.45) is 0. The van der Waals surface area contributed by atoms with Gasteiger partial charge in [0, 0.05) is 23.9 Å². The Labute approximate surface area is 222 Å². The number of benzene rings is 2. The fourth-order valence-corrected chi connectivity index (χ4v) is 4.81. The molecule has 10 nitrogen and oxygen atoms in total. The normalized spacial score (nSPS) is 15.0. The smallest absolute Gasteiger partial charge is 0.336 e. The van der Waals surface area contributed by atoms with Gasteiger partial charge in [0.15, 0.2) is 0 Å². The summed E-state index contributed by atoms with van der Waals surface area (Å²) in [4.78, 5) is 36.3. The van der Waals surface area contributed by atoms with E-state index >= 15 is 0 Å². The highest BCUT2D eigenvalue weighted by atomic mass is 35.5. The minimum atomic E-state index is -0.837. The van der Waals surface area contributed by atoms with Gasteiger partial charge in [0.05, 0.1) is 45.4 Å². The van der Waals surface area contributed by atoms with Crippen molar-refractivity contribution in [2.24, 2.45) is 0 Å². The van der Waals surface area contributed by atoms with Gasteiger partial charge in [-0.05, 0) is 24.6 Å². The number of hydrogen-bond donors (Lipinski definition) is 2. The van der Waals surface area contributed by atoms with E-state index in [1.807, 2.05) is 0 Å². The Kier molecular flexibility index (Phi) is 9.68. The molecule has 1 amide bonds. The largest absolute Gasteiger partial charge is 0.460 e. The average molecular weight is 543 g/mol. The van der Waals surface area contributed by atoms with Crippen LogP contribution in [0.2, 0.25) is 5.02 Å². The molecule has 2 N–H and O–H groups in total. The number of carbonyl (C=O) groups excluding carboxylic acids is 2. The average Bonchev–Trinajstić information content (AvgIpc) is 2.87. The summed E-state index contributed by atoms with van der Waals surface area (Å²) in [6.45, 7) is 1.90. The number of ether oxygens (including phenoxy) is 2. The standard InChI is InChI=1S/C25H23ClN4O6S/c1-15-22(25(32)36-12-11-35-2)23(16-7-3-4-8-18(16)26)17(13-27)24(28-15)37-14-21(31)29-19-9-5-6-10-20(19)30(33)34/h3-10,23,28H,11-12,14H2,1-2H3,(H,29,31). The molecule has 0 bridgehead atoms. The first-order chi connectivity index (χ1) is 17.8. The summed E-state index contributed by atoms with van der Waals surface area (Å²) >= 11 is 7.49. The number of dihydropyridines is 1. The number of rotatable bonds is 10. The van der Waals surface area contributed by atoms with Crippen molar-refractivity contribution in [3.63, 3.8) is 0 Å². The van der Waals surface area contributed by atoms with Crippen molar-refractivity contribution in [1.82, 2.24) is 5.32 Å². The molecule has 0 saturated heterocycles. The quantitative estimate of drug-likeness (QED) is 0.192. The summed E-state index contributed by atoms with van der Waals surface area (Å²) in [6, 6.07) is 14.8. The van der Waals surface area contributed by atoms with Gasteiger partial charge in [-0.1, -0.05) is 53.7 Å². The zero-order chi connectivity index (χ0) is 26.9. The maximum absolute atomic E-state index is 13.0. The van der Waals surface area contributed by atoms with Gasteiger partial charge in [-0.3, -0.25) is 14.9 Å². The summed E-state index contributed by atoms with van der Waals surface area (Å²) in [5.41, 5.74) is 1.20. The molecule has 3 rings (SSSR count). The monoisotopic (exact) mass is 542 g/mol. The number of nitrogens with zero attached hydrogens (tertiary/aromatic N) is 2. The lowest BCUT2D eigenvalue weighted by Crippen LogP contribution is -2.30. The number of anilines is 1. The van der Waals surface area contributed by atoms with Crippen LogP contribution < -0.4 is 10.6 Å². The Bertz CT molecular complexity index is 1320. The van der Waals surface area contributed by atoms with Gasteiger partial charge in [-0.15, -0.1) is 0 Å². The number of nitro groups is 1. The van der Waals surface area contributed by atoms with Gasteiger partial charge >= 0.3 is 5.97 Å². The van der Waals surface area contributed by atoms with E-state index < -0.39 is 22.7 Å². The number of amides is 1. The molecule has 0 aliphatic carbocycles. The number of halogens is 1. The lowest BCUT2D eigenvalue weighted by Gasteiger charge is -2.29. The topological polar surface area (TPSA) is 144 Å². The van der Waals surface area contributed by atoms with Crippen molar-refractivity contribution in [2.75, 3.05) is 31.4 Å². The molecule has 0 aromatic heterocycles. The van der Waals surface area contributed by atoms with Gasteiger partial charge < -0.3 is 20.1 Å². The minimum Gasteiger partial charge on any atom is -0.460 e. The number of carbonyl (C=O) groups is 2. The van der Waals surface area contributed by atoms with Crippen LogP contribution in [0.1, 0.15) is 18.4 Å². The molecule has 2 aromatic carbocycles. The molecule has 0 saturated carbocycles. The van der Waals surface area contributed by atoms with Gasteiger partial charge in [-0.25, -0.2) is 4.79 Å². The molecule has 37 heavy (non-hydrogen) atoms. The van der Waals surface area contributed by atoms with Crippen molar-refractivity contribution in [2.45, 2.75) is 12.8 Å². The molecule has 1 atom stereocenters. The van der Waals surface area contributed by atoms with Crippen molar-refractivity contribution in [3.8, 4) is 6.07 Å². The molecular weight excluding hydrogens is 520 g/mol. The summed E-state index contributed by atoms with van der Waals surface area (Å²) < 4.78 is 10.3. The third-order valence-electron chi connectivity index (χ3n) is 5.33. The first-order valence-electron chi connectivity index (χ1n) is 11.0. The first kappa shape index (κ1) is 27.7. The molecule has 12 heteroatoms. The van der Waals surface area contributed by atoms with Crippen LogP contribution in [0.5, 0.6) is 0 Å². The van der Waals surface area contributed by atoms with E-state index in [4.69, 9.17) is 21.1 Å². The second-order valence-electron chi connectivity index (χ2n) is 7.71. The number of esters is 1. The van der Waals surface area contributed by atoms with Gasteiger partial charge in [0.2, 0.25) is 5.91 Å². The SMILES string of the molecule is COCCOC(=O)C1=C(C)NC(SCC(=O)Nc2ccccc2[N+](=O)[O-])=C(C#N)C1c1ccccc1Cl. The second kappa shape index (κ2) is 12.9. The summed E-state index contributed by atoms with van der Waals surface area (Å²) in [5.74, 6) is -2.13. The van der Waals surface area contributed by atoms with Crippen molar-refractivity contribution < 1.29 is 24.0 Å². The van der Waals surface area contributed by atoms with E-state index in [1.54, 1.807) is 37.3 Å². The van der Waals surface area contributed by atoms with Crippen LogP contribution >= 0.6 is 23.4 Å². The van der Waals surface area contributed by atoms with Crippen LogP contribution in [0.15, 0.2) is 70.4 Å². The number of para-hydroxylation sites is 2. The Morgan fingerprint density at radius 3 is 2.59 bits per heavy atom. The van der Waals surface area contributed by atoms with Crippen LogP contribution in [0, 0.1) is 21.4 Å². The fourth-order valence-electron chi connectivity index (χ4n) is 3.68. The lowest BCUT2D eigenvalue weighted by atomic mass is 9.82. The van der Waals surface area contributed by atoms with Gasteiger partial charge in [-0.2, -0.15) is 5.26 Å². The van der Waals surface area contributed by atoms with Crippen molar-refractivity contribution >= 4 is 46.6 Å². The fraction of sp³-hybridized carbons (Fsp3) is 0.240. The third-order valence-corrected chi connectivity index (χ3v) is 6.69. The van der Waals surface area contributed by atoms with Gasteiger partial charge in [0.1, 0.15) is 12.3 Å². The van der Waals surface area contributed by atoms with E-state index in [0.717, 1.165) is 11.8 Å². The molecule has 0 radical (unpaired) electrons. The molecule has 0 spiro atoms. The lowest BCUT2D eigenvalue weighted by molar-refractivity contribution is -0.383. The minimum absolute atomic E-state index is 0.0281. The molecular formula is C25H23ClN4O6S. The highest BCUT2D eigenvalue weighted by molar-refractivity contribution is 8.03. The molecule has 1 aliphatic heterocycles. The second-order valence-corrected chi connectivity index (χ2v) is 9.11. The van der Waals surface area contributed by atoms with E-state index in [0.29, 0.717) is 21.3 Å². The maximum atomic E-state index is 13.0. The van der Waals surface area contributed by atoms with E-state index in [-0.39, 0.29) is 41.5 Å². The first-order valence-corrected chi connectivity index (χ1v) is 12.3. The number of nitro benzene ring substituents is 1. The van der Waals surface area contributed by atoms with Crippen molar-refractivity contribution in [1.29, 1.82) is 5.26 Å². The van der Waals surface area contributed by atoms with E-state index in [2.05, 4.69) is 16.7 Å². The van der Waals surface area contributed by atoms with Crippen LogP contribution in [-0.2, 0) is 19.1 Å². The van der Waals surface area contributed by atoms with Crippen LogP contribution in [-0.4, -0.2) is 42.9 Å². The number of thioether (sulfide) groups is 1. The maximum Gasteiger partial charge on any atom is 0.336 e. The molecule has 1 unspecified atom stereocenters. The van der Waals surface area contributed by atoms with E-state index in [1.165, 1.54) is 25.3 Å². The molecule has 0 fully saturated rings. The van der Waals surface area contributed by atoms with Gasteiger partial charge in [0.25, 0.3) is 5.69 Å². The number of allylic oxidation sites excluding steroid dienone is 2. The number of nitriles is 1. The van der Waals surface area contributed by atoms with Crippen molar-refractivity contribution in [3.05, 3.63) is 91.1 Å². The zero-order valence-corrected chi connectivity index (χ0v) is 21.5.